The average molecular weight is 391 g/mol. The van der Waals surface area contributed by atoms with Crippen LogP contribution in [0.15, 0.2) is 72.3 Å². The standard InChI is InChI=1S/C25H27NOS/c1-6-17-16(5)14-15-21(18(17)7-2)26-20(8-3)23(9-4)28-24-19-12-10-11-13-22(19)27-25(24)26/h8-15,24-25H,3-4,6-7H2,1-2,5H3/p+1. The first-order chi connectivity index (χ1) is 13.6. The Hall–Kier alpha value is -2.23. The molecule has 0 aromatic heterocycles. The van der Waals surface area contributed by atoms with Gasteiger partial charge in [0.1, 0.15) is 16.7 Å². The second-order valence-corrected chi connectivity index (χ2v) is 8.49. The largest absolute Gasteiger partial charge is 0.440 e. The minimum Gasteiger partial charge on any atom is -0.440 e. The predicted octanol–water partition coefficient (Wildman–Crippen LogP) is 5.43. The summed E-state index contributed by atoms with van der Waals surface area (Å²) in [6, 6.07) is 13.0. The van der Waals surface area contributed by atoms with Crippen molar-refractivity contribution >= 4 is 17.4 Å². The number of benzene rings is 2. The molecule has 2 nitrogen and oxygen atoms in total. The normalized spacial score (nSPS) is 23.0. The molecule has 0 aliphatic carbocycles. The van der Waals surface area contributed by atoms with E-state index in [1.165, 1.54) is 37.7 Å². The highest BCUT2D eigenvalue weighted by molar-refractivity contribution is 8.03. The summed E-state index contributed by atoms with van der Waals surface area (Å²) in [5.74, 6) is 0.997. The first kappa shape index (κ1) is 19.1. The van der Waals surface area contributed by atoms with Crippen LogP contribution in [0.5, 0.6) is 5.75 Å². The molecule has 1 N–H and O–H groups in total. The van der Waals surface area contributed by atoms with Crippen LogP contribution in [0.3, 0.4) is 0 Å². The van der Waals surface area contributed by atoms with Crippen LogP contribution < -0.4 is 9.64 Å². The molecule has 2 aromatic carbocycles. The summed E-state index contributed by atoms with van der Waals surface area (Å²) in [7, 11) is 0. The first-order valence-electron chi connectivity index (χ1n) is 10.0. The average Bonchev–Trinajstić information content (AvgIpc) is 3.10. The van der Waals surface area contributed by atoms with Crippen molar-refractivity contribution in [3.63, 3.8) is 0 Å². The number of hydrogen-bond donors (Lipinski definition) is 1. The van der Waals surface area contributed by atoms with E-state index in [0.717, 1.165) is 24.3 Å². The Morgan fingerprint density at radius 2 is 1.79 bits per heavy atom. The van der Waals surface area contributed by atoms with E-state index >= 15 is 0 Å². The molecule has 0 bridgehead atoms. The van der Waals surface area contributed by atoms with Gasteiger partial charge >= 0.3 is 0 Å². The molecule has 0 saturated heterocycles. The number of aryl methyl sites for hydroxylation is 1. The maximum Gasteiger partial charge on any atom is 0.257 e. The topological polar surface area (TPSA) is 13.7 Å². The molecule has 3 unspecified atom stereocenters. The highest BCUT2D eigenvalue weighted by Crippen LogP contribution is 2.49. The maximum atomic E-state index is 6.53. The van der Waals surface area contributed by atoms with Crippen molar-refractivity contribution in [2.75, 3.05) is 0 Å². The van der Waals surface area contributed by atoms with Crippen molar-refractivity contribution in [1.29, 1.82) is 0 Å². The molecule has 4 rings (SSSR count). The summed E-state index contributed by atoms with van der Waals surface area (Å²) in [5.41, 5.74) is 8.01. The molecular weight excluding hydrogens is 362 g/mol. The molecule has 2 heterocycles. The number of hydrogen-bond acceptors (Lipinski definition) is 2. The second-order valence-electron chi connectivity index (χ2n) is 7.31. The summed E-state index contributed by atoms with van der Waals surface area (Å²) >= 11 is 1.85. The second kappa shape index (κ2) is 7.65. The molecule has 3 heteroatoms. The third-order valence-electron chi connectivity index (χ3n) is 5.90. The molecule has 2 aliphatic heterocycles. The van der Waals surface area contributed by atoms with Gasteiger partial charge < -0.3 is 4.74 Å². The van der Waals surface area contributed by atoms with E-state index in [4.69, 9.17) is 4.74 Å². The van der Waals surface area contributed by atoms with Gasteiger partial charge in [0.15, 0.2) is 5.70 Å². The molecule has 0 amide bonds. The number of ether oxygens (including phenoxy) is 1. The fraction of sp³-hybridized carbons (Fsp3) is 0.280. The fourth-order valence-electron chi connectivity index (χ4n) is 4.63. The Balaban J connectivity index is 1.94. The van der Waals surface area contributed by atoms with Gasteiger partial charge in [0, 0.05) is 17.2 Å². The third kappa shape index (κ3) is 2.85. The van der Waals surface area contributed by atoms with E-state index < -0.39 is 0 Å². The lowest BCUT2D eigenvalue weighted by Crippen LogP contribution is -3.11. The van der Waals surface area contributed by atoms with Crippen LogP contribution >= 0.6 is 11.8 Å². The minimum absolute atomic E-state index is 0.00295. The number of quaternary nitrogens is 1. The van der Waals surface area contributed by atoms with E-state index in [-0.39, 0.29) is 11.5 Å². The predicted molar refractivity (Wildman–Crippen MR) is 119 cm³/mol. The monoisotopic (exact) mass is 390 g/mol. The third-order valence-corrected chi connectivity index (χ3v) is 7.30. The van der Waals surface area contributed by atoms with E-state index in [2.05, 4.69) is 70.3 Å². The molecule has 0 spiro atoms. The molecule has 2 aliphatic rings. The molecule has 0 radical (unpaired) electrons. The zero-order valence-corrected chi connectivity index (χ0v) is 17.7. The molecule has 28 heavy (non-hydrogen) atoms. The van der Waals surface area contributed by atoms with Crippen molar-refractivity contribution in [2.45, 2.75) is 45.1 Å². The summed E-state index contributed by atoms with van der Waals surface area (Å²) in [6.45, 7) is 14.9. The Bertz CT molecular complexity index is 975. The smallest absolute Gasteiger partial charge is 0.257 e. The number of rotatable bonds is 5. The van der Waals surface area contributed by atoms with Crippen molar-refractivity contribution in [2.24, 2.45) is 0 Å². The van der Waals surface area contributed by atoms with Gasteiger partial charge in [-0.1, -0.05) is 51.3 Å². The Morgan fingerprint density at radius 1 is 1.04 bits per heavy atom. The van der Waals surface area contributed by atoms with Gasteiger partial charge in [-0.2, -0.15) is 0 Å². The van der Waals surface area contributed by atoms with Gasteiger partial charge in [0.25, 0.3) is 6.23 Å². The lowest BCUT2D eigenvalue weighted by molar-refractivity contribution is -0.840. The van der Waals surface area contributed by atoms with Gasteiger partial charge in [-0.05, 0) is 49.1 Å². The van der Waals surface area contributed by atoms with Crippen LogP contribution in [-0.4, -0.2) is 6.23 Å². The van der Waals surface area contributed by atoms with Crippen LogP contribution in [0, 0.1) is 6.92 Å². The van der Waals surface area contributed by atoms with E-state index in [1.54, 1.807) is 0 Å². The number of nitrogens with one attached hydrogen (secondary N) is 1. The molecule has 0 saturated carbocycles. The first-order valence-corrected chi connectivity index (χ1v) is 10.9. The van der Waals surface area contributed by atoms with Crippen LogP contribution in [0.1, 0.15) is 41.4 Å². The summed E-state index contributed by atoms with van der Waals surface area (Å²) < 4.78 is 6.53. The van der Waals surface area contributed by atoms with Crippen LogP contribution in [0.2, 0.25) is 0 Å². The number of fused-ring (bicyclic) bond motifs is 3. The number of para-hydroxylation sites is 1. The van der Waals surface area contributed by atoms with Crippen molar-refractivity contribution in [3.8, 4) is 5.75 Å². The Kier molecular flexibility index (Phi) is 5.22. The van der Waals surface area contributed by atoms with Crippen molar-refractivity contribution in [1.82, 2.24) is 0 Å². The molecule has 3 atom stereocenters. The molecule has 144 valence electrons. The minimum atomic E-state index is -0.00295. The van der Waals surface area contributed by atoms with E-state index in [9.17, 15) is 0 Å². The highest BCUT2D eigenvalue weighted by Gasteiger charge is 2.49. The van der Waals surface area contributed by atoms with Crippen LogP contribution in [0.25, 0.3) is 0 Å². The lowest BCUT2D eigenvalue weighted by Gasteiger charge is -2.35. The molecular formula is C25H28NOS+. The quantitative estimate of drug-likeness (QED) is 0.732. The summed E-state index contributed by atoms with van der Waals surface area (Å²) in [6.07, 6.45) is 6.00. The zero-order valence-electron chi connectivity index (χ0n) is 16.9. The van der Waals surface area contributed by atoms with Crippen LogP contribution in [0.4, 0.5) is 5.69 Å². The number of thioether (sulfide) groups is 1. The summed E-state index contributed by atoms with van der Waals surface area (Å²) in [4.78, 5) is 2.45. The SMILES string of the molecule is C=CC1=C(C=C)[NH+](c2ccc(C)c(CC)c2CC)C2Oc3ccccc3C2S1. The van der Waals surface area contributed by atoms with E-state index in [1.807, 2.05) is 23.9 Å². The molecule has 0 fully saturated rings. The van der Waals surface area contributed by atoms with Gasteiger partial charge in [0.05, 0.1) is 4.91 Å². The van der Waals surface area contributed by atoms with Crippen molar-refractivity contribution < 1.29 is 9.64 Å². The Labute approximate surface area is 172 Å². The Morgan fingerprint density at radius 3 is 2.46 bits per heavy atom. The van der Waals surface area contributed by atoms with E-state index in [0.29, 0.717) is 0 Å². The van der Waals surface area contributed by atoms with Gasteiger partial charge in [0.2, 0.25) is 0 Å². The van der Waals surface area contributed by atoms with Crippen LogP contribution in [-0.2, 0) is 12.8 Å². The van der Waals surface area contributed by atoms with Gasteiger partial charge in [-0.3, -0.25) is 0 Å². The molecule has 2 aromatic rings. The zero-order chi connectivity index (χ0) is 19.8. The summed E-state index contributed by atoms with van der Waals surface area (Å²) in [5, 5.41) is 0.249. The van der Waals surface area contributed by atoms with Gasteiger partial charge in [-0.25, -0.2) is 4.90 Å². The fourth-order valence-corrected chi connectivity index (χ4v) is 5.96. The number of allylic oxidation sites excluding steroid dienone is 2. The van der Waals surface area contributed by atoms with Crippen molar-refractivity contribution in [3.05, 3.63) is 94.6 Å². The lowest BCUT2D eigenvalue weighted by atomic mass is 9.95. The van der Waals surface area contributed by atoms with Gasteiger partial charge in [-0.15, -0.1) is 11.8 Å². The highest BCUT2D eigenvalue weighted by atomic mass is 32.2. The maximum absolute atomic E-state index is 6.53.